The summed E-state index contributed by atoms with van der Waals surface area (Å²) in [5.41, 5.74) is 0.464. The van der Waals surface area contributed by atoms with Gasteiger partial charge in [0.05, 0.1) is 13.2 Å². The predicted octanol–water partition coefficient (Wildman–Crippen LogP) is 1.02. The molecule has 23 heavy (non-hydrogen) atoms. The van der Waals surface area contributed by atoms with E-state index in [0.717, 1.165) is 6.54 Å². The van der Waals surface area contributed by atoms with Crippen LogP contribution in [0.25, 0.3) is 0 Å². The van der Waals surface area contributed by atoms with E-state index >= 15 is 0 Å². The number of ether oxygens (including phenoxy) is 1. The molecule has 2 fully saturated rings. The van der Waals surface area contributed by atoms with E-state index in [-0.39, 0.29) is 17.8 Å². The van der Waals surface area contributed by atoms with E-state index in [2.05, 4.69) is 12.2 Å². The van der Waals surface area contributed by atoms with Crippen molar-refractivity contribution in [1.29, 1.82) is 0 Å². The number of amides is 1. The Hall–Kier alpha value is -1.50. The van der Waals surface area contributed by atoms with Gasteiger partial charge >= 0.3 is 0 Å². The predicted molar refractivity (Wildman–Crippen MR) is 85.6 cm³/mol. The van der Waals surface area contributed by atoms with E-state index in [0.29, 0.717) is 45.0 Å². The minimum absolute atomic E-state index is 0.00894. The number of halogens is 1. The van der Waals surface area contributed by atoms with Crippen LogP contribution in [-0.4, -0.2) is 67.7 Å². The Labute approximate surface area is 136 Å². The maximum atomic E-state index is 14.4. The molecule has 126 valence electrons. The molecule has 0 spiro atoms. The number of nitrogens with zero attached hydrogens (tertiary/aromatic N) is 2. The number of nitrogens with one attached hydrogen (secondary N) is 1. The van der Waals surface area contributed by atoms with Crippen LogP contribution in [0.15, 0.2) is 24.3 Å². The second-order valence-electron chi connectivity index (χ2n) is 6.21. The molecule has 2 saturated heterocycles. The number of morpholine rings is 1. The zero-order chi connectivity index (χ0) is 16.2. The minimum Gasteiger partial charge on any atom is -0.379 e. The van der Waals surface area contributed by atoms with Crippen molar-refractivity contribution in [3.05, 3.63) is 35.6 Å². The van der Waals surface area contributed by atoms with Crippen LogP contribution < -0.4 is 5.32 Å². The molecule has 2 heterocycles. The first-order valence-corrected chi connectivity index (χ1v) is 8.25. The maximum absolute atomic E-state index is 14.4. The van der Waals surface area contributed by atoms with Gasteiger partial charge in [-0.3, -0.25) is 9.69 Å². The lowest BCUT2D eigenvalue weighted by atomic mass is 10.0. The van der Waals surface area contributed by atoms with E-state index in [4.69, 9.17) is 4.74 Å². The average Bonchev–Trinajstić information content (AvgIpc) is 2.58. The lowest BCUT2D eigenvalue weighted by molar-refractivity contribution is -0.140. The summed E-state index contributed by atoms with van der Waals surface area (Å²) >= 11 is 0. The van der Waals surface area contributed by atoms with Crippen molar-refractivity contribution >= 4 is 5.91 Å². The zero-order valence-electron chi connectivity index (χ0n) is 13.5. The third-order valence-corrected chi connectivity index (χ3v) is 4.52. The third-order valence-electron chi connectivity index (χ3n) is 4.52. The Morgan fingerprint density at radius 3 is 2.74 bits per heavy atom. The molecule has 0 bridgehead atoms. The van der Waals surface area contributed by atoms with Crippen molar-refractivity contribution in [3.63, 3.8) is 0 Å². The first-order chi connectivity index (χ1) is 11.2. The van der Waals surface area contributed by atoms with Gasteiger partial charge < -0.3 is 15.0 Å². The Balaban J connectivity index is 1.88. The molecule has 0 aliphatic carbocycles. The topological polar surface area (TPSA) is 44.8 Å². The van der Waals surface area contributed by atoms with Gasteiger partial charge in [0, 0.05) is 44.3 Å². The Morgan fingerprint density at radius 1 is 1.30 bits per heavy atom. The molecule has 0 radical (unpaired) electrons. The summed E-state index contributed by atoms with van der Waals surface area (Å²) in [6.07, 6.45) is 0. The number of rotatable bonds is 3. The fourth-order valence-electron chi connectivity index (χ4n) is 3.32. The second-order valence-corrected chi connectivity index (χ2v) is 6.21. The molecule has 5 nitrogen and oxygen atoms in total. The maximum Gasteiger partial charge on any atom is 0.244 e. The van der Waals surface area contributed by atoms with Crippen molar-refractivity contribution in [2.45, 2.75) is 19.0 Å². The molecule has 2 unspecified atom stereocenters. The molecule has 1 N–H and O–H groups in total. The van der Waals surface area contributed by atoms with Crippen molar-refractivity contribution in [1.82, 2.24) is 15.1 Å². The van der Waals surface area contributed by atoms with Gasteiger partial charge in [0.15, 0.2) is 0 Å². The highest BCUT2D eigenvalue weighted by atomic mass is 19.1. The summed E-state index contributed by atoms with van der Waals surface area (Å²) in [5.74, 6) is -0.328. The first kappa shape index (κ1) is 16.4. The van der Waals surface area contributed by atoms with Gasteiger partial charge in [-0.25, -0.2) is 4.39 Å². The normalized spacial score (nSPS) is 24.4. The highest BCUT2D eigenvalue weighted by molar-refractivity contribution is 5.83. The fourth-order valence-corrected chi connectivity index (χ4v) is 3.32. The van der Waals surface area contributed by atoms with Crippen molar-refractivity contribution in [2.24, 2.45) is 0 Å². The monoisotopic (exact) mass is 321 g/mol. The fraction of sp³-hybridized carbons (Fsp3) is 0.588. The number of benzene rings is 1. The molecular formula is C17H24FN3O2. The lowest BCUT2D eigenvalue weighted by Crippen LogP contribution is -2.55. The van der Waals surface area contributed by atoms with Crippen LogP contribution in [0.2, 0.25) is 0 Å². The Bertz CT molecular complexity index is 548. The smallest absolute Gasteiger partial charge is 0.244 e. The SMILES string of the molecule is CC1CN(C(=O)C(c2ccccc2F)N2CCOCC2)CCN1. The summed E-state index contributed by atoms with van der Waals surface area (Å²) in [5, 5.41) is 3.33. The van der Waals surface area contributed by atoms with Crippen LogP contribution in [0, 0.1) is 5.82 Å². The lowest BCUT2D eigenvalue weighted by Gasteiger charge is -2.39. The van der Waals surface area contributed by atoms with Gasteiger partial charge in [-0.05, 0) is 13.0 Å². The van der Waals surface area contributed by atoms with E-state index in [1.54, 1.807) is 18.2 Å². The number of hydrogen-bond acceptors (Lipinski definition) is 4. The molecular weight excluding hydrogens is 297 g/mol. The summed E-state index contributed by atoms with van der Waals surface area (Å²) in [4.78, 5) is 17.0. The summed E-state index contributed by atoms with van der Waals surface area (Å²) in [7, 11) is 0. The Morgan fingerprint density at radius 2 is 2.04 bits per heavy atom. The third kappa shape index (κ3) is 3.71. The molecule has 2 aliphatic heterocycles. The second kappa shape index (κ2) is 7.38. The molecule has 6 heteroatoms. The van der Waals surface area contributed by atoms with E-state index < -0.39 is 6.04 Å². The summed E-state index contributed by atoms with van der Waals surface area (Å²) in [6, 6.07) is 6.30. The van der Waals surface area contributed by atoms with Gasteiger partial charge in [0.2, 0.25) is 5.91 Å². The van der Waals surface area contributed by atoms with E-state index in [1.807, 2.05) is 9.80 Å². The average molecular weight is 321 g/mol. The molecule has 2 atom stereocenters. The summed E-state index contributed by atoms with van der Waals surface area (Å²) in [6.45, 7) is 6.62. The van der Waals surface area contributed by atoms with Crippen molar-refractivity contribution < 1.29 is 13.9 Å². The van der Waals surface area contributed by atoms with Crippen LogP contribution >= 0.6 is 0 Å². The quantitative estimate of drug-likeness (QED) is 0.903. The van der Waals surface area contributed by atoms with Crippen LogP contribution in [0.3, 0.4) is 0 Å². The van der Waals surface area contributed by atoms with Crippen molar-refractivity contribution in [3.8, 4) is 0 Å². The number of piperazine rings is 1. The van der Waals surface area contributed by atoms with Gasteiger partial charge in [0.1, 0.15) is 11.9 Å². The minimum atomic E-state index is -0.564. The van der Waals surface area contributed by atoms with Crippen LogP contribution in [0.4, 0.5) is 4.39 Å². The Kier molecular flexibility index (Phi) is 5.25. The summed E-state index contributed by atoms with van der Waals surface area (Å²) < 4.78 is 19.7. The van der Waals surface area contributed by atoms with E-state index in [9.17, 15) is 9.18 Å². The van der Waals surface area contributed by atoms with Crippen LogP contribution in [0.1, 0.15) is 18.5 Å². The molecule has 0 aromatic heterocycles. The van der Waals surface area contributed by atoms with Gasteiger partial charge in [-0.2, -0.15) is 0 Å². The highest BCUT2D eigenvalue weighted by Crippen LogP contribution is 2.27. The van der Waals surface area contributed by atoms with E-state index in [1.165, 1.54) is 6.07 Å². The molecule has 3 rings (SSSR count). The largest absolute Gasteiger partial charge is 0.379 e. The number of carbonyl (C=O) groups excluding carboxylic acids is 1. The molecule has 0 saturated carbocycles. The van der Waals surface area contributed by atoms with Crippen molar-refractivity contribution in [2.75, 3.05) is 45.9 Å². The standard InChI is InChI=1S/C17H24FN3O2/c1-13-12-21(7-6-19-13)17(22)16(20-8-10-23-11-9-20)14-4-2-3-5-15(14)18/h2-5,13,16,19H,6-12H2,1H3. The highest BCUT2D eigenvalue weighted by Gasteiger charge is 2.35. The van der Waals surface area contributed by atoms with Crippen LogP contribution in [0.5, 0.6) is 0 Å². The zero-order valence-corrected chi connectivity index (χ0v) is 13.5. The molecule has 1 amide bonds. The molecule has 2 aliphatic rings. The van der Waals surface area contributed by atoms with Gasteiger partial charge in [0.25, 0.3) is 0 Å². The van der Waals surface area contributed by atoms with Gasteiger partial charge in [-0.1, -0.05) is 18.2 Å². The first-order valence-electron chi connectivity index (χ1n) is 8.25. The number of hydrogen-bond donors (Lipinski definition) is 1. The molecule has 1 aromatic rings. The number of carbonyl (C=O) groups is 1. The van der Waals surface area contributed by atoms with Crippen LogP contribution in [-0.2, 0) is 9.53 Å². The molecule has 1 aromatic carbocycles. The van der Waals surface area contributed by atoms with Gasteiger partial charge in [-0.15, -0.1) is 0 Å².